The number of nitrogens with zero attached hydrogens (tertiary/aromatic N) is 1. The van der Waals surface area contributed by atoms with Gasteiger partial charge in [-0.1, -0.05) is 0 Å². The number of ether oxygens (including phenoxy) is 1. The summed E-state index contributed by atoms with van der Waals surface area (Å²) in [5.41, 5.74) is 0. The molecule has 1 rings (SSSR count). The summed E-state index contributed by atoms with van der Waals surface area (Å²) in [4.78, 5) is 2.17. The Morgan fingerprint density at radius 2 is 2.50 bits per heavy atom. The first-order valence-electron chi connectivity index (χ1n) is 2.77. The molecule has 1 saturated heterocycles. The highest BCUT2D eigenvalue weighted by atomic mass is 16.5. The van der Waals surface area contributed by atoms with Crippen LogP contribution in [-0.4, -0.2) is 38.5 Å². The smallest absolute Gasteiger partial charge is 0.121 e. The van der Waals surface area contributed by atoms with Crippen LogP contribution in [-0.2, 0) is 4.74 Å². The maximum absolute atomic E-state index is 5.03. The highest BCUT2D eigenvalue weighted by Crippen LogP contribution is 1.95. The quantitative estimate of drug-likeness (QED) is 0.497. The zero-order chi connectivity index (χ0) is 5.98. The monoisotopic (exact) mass is 116 g/mol. The molecular weight excluding hydrogens is 104 g/mol. The lowest BCUT2D eigenvalue weighted by atomic mass is 10.6. The zero-order valence-electron chi connectivity index (χ0n) is 5.35. The molecule has 1 aliphatic rings. The molecule has 0 bridgehead atoms. The van der Waals surface area contributed by atoms with Crippen LogP contribution in [0.4, 0.5) is 0 Å². The Hall–Kier alpha value is -0.120. The van der Waals surface area contributed by atoms with E-state index in [9.17, 15) is 0 Å². The molecule has 1 heterocycles. The average Bonchev–Trinajstić information content (AvgIpc) is 2.14. The van der Waals surface area contributed by atoms with Gasteiger partial charge in [-0.25, -0.2) is 0 Å². The lowest BCUT2D eigenvalue weighted by Crippen LogP contribution is -2.24. The van der Waals surface area contributed by atoms with Crippen molar-refractivity contribution < 1.29 is 4.74 Å². The summed E-state index contributed by atoms with van der Waals surface area (Å²) in [7, 11) is 3.78. The summed E-state index contributed by atoms with van der Waals surface area (Å²) < 4.78 is 5.03. The lowest BCUT2D eigenvalue weighted by Gasteiger charge is -2.05. The molecule has 1 fully saturated rings. The van der Waals surface area contributed by atoms with Crippen molar-refractivity contribution in [2.75, 3.05) is 27.4 Å². The van der Waals surface area contributed by atoms with Gasteiger partial charge in [-0.15, -0.1) is 0 Å². The zero-order valence-corrected chi connectivity index (χ0v) is 5.35. The molecule has 3 heteroatoms. The third kappa shape index (κ3) is 1.18. The predicted molar refractivity (Wildman–Crippen MR) is 31.4 cm³/mol. The topological polar surface area (TPSA) is 24.5 Å². The van der Waals surface area contributed by atoms with Crippen molar-refractivity contribution in [2.45, 2.75) is 6.23 Å². The molecule has 0 aromatic carbocycles. The van der Waals surface area contributed by atoms with Gasteiger partial charge in [0.05, 0.1) is 6.67 Å². The molecule has 0 spiro atoms. The van der Waals surface area contributed by atoms with Crippen molar-refractivity contribution in [2.24, 2.45) is 0 Å². The van der Waals surface area contributed by atoms with Gasteiger partial charge in [0.15, 0.2) is 0 Å². The van der Waals surface area contributed by atoms with Crippen LogP contribution < -0.4 is 5.32 Å². The minimum Gasteiger partial charge on any atom is -0.365 e. The molecule has 0 radical (unpaired) electrons. The molecule has 8 heavy (non-hydrogen) atoms. The van der Waals surface area contributed by atoms with Crippen molar-refractivity contribution in [3.8, 4) is 0 Å². The highest BCUT2D eigenvalue weighted by molar-refractivity contribution is 4.66. The van der Waals surface area contributed by atoms with Crippen LogP contribution in [0.5, 0.6) is 0 Å². The maximum atomic E-state index is 5.03. The van der Waals surface area contributed by atoms with Gasteiger partial charge in [-0.2, -0.15) is 0 Å². The Bertz CT molecular complexity index is 76.8. The minimum absolute atomic E-state index is 0.250. The summed E-state index contributed by atoms with van der Waals surface area (Å²) in [5, 5.41) is 3.16. The second kappa shape index (κ2) is 2.44. The summed E-state index contributed by atoms with van der Waals surface area (Å²) in [5.74, 6) is 0. The molecule has 1 unspecified atom stereocenters. The van der Waals surface area contributed by atoms with E-state index in [1.54, 1.807) is 7.11 Å². The Kier molecular flexibility index (Phi) is 1.83. The normalized spacial score (nSPS) is 31.5. The molecule has 3 nitrogen and oxygen atoms in total. The van der Waals surface area contributed by atoms with E-state index in [4.69, 9.17) is 4.74 Å². The third-order valence-electron chi connectivity index (χ3n) is 1.35. The van der Waals surface area contributed by atoms with Crippen LogP contribution in [0.2, 0.25) is 0 Å². The van der Waals surface area contributed by atoms with E-state index in [1.165, 1.54) is 0 Å². The second-order valence-electron chi connectivity index (χ2n) is 2.13. The van der Waals surface area contributed by atoms with Crippen LogP contribution in [0.3, 0.4) is 0 Å². The van der Waals surface area contributed by atoms with Crippen molar-refractivity contribution in [1.29, 1.82) is 0 Å². The van der Waals surface area contributed by atoms with Crippen molar-refractivity contribution in [1.82, 2.24) is 10.2 Å². The molecule has 0 saturated carbocycles. The van der Waals surface area contributed by atoms with Crippen molar-refractivity contribution >= 4 is 0 Å². The Labute approximate surface area is 49.6 Å². The SMILES string of the molecule is COC1CN(C)CN1. The van der Waals surface area contributed by atoms with Crippen molar-refractivity contribution in [3.63, 3.8) is 0 Å². The van der Waals surface area contributed by atoms with Gasteiger partial charge in [0.1, 0.15) is 6.23 Å². The molecule has 0 aliphatic carbocycles. The standard InChI is InChI=1S/C5H12N2O/c1-7-3-5(8-2)6-4-7/h5-6H,3-4H2,1-2H3. The summed E-state index contributed by atoms with van der Waals surface area (Å²) >= 11 is 0. The number of methoxy groups -OCH3 is 1. The fourth-order valence-corrected chi connectivity index (χ4v) is 0.828. The van der Waals surface area contributed by atoms with Gasteiger partial charge in [0.25, 0.3) is 0 Å². The molecule has 0 aromatic rings. The van der Waals surface area contributed by atoms with Crippen LogP contribution >= 0.6 is 0 Å². The van der Waals surface area contributed by atoms with Crippen LogP contribution in [0, 0.1) is 0 Å². The molecule has 1 N–H and O–H groups in total. The number of hydrogen-bond donors (Lipinski definition) is 1. The Balaban J connectivity index is 2.22. The first kappa shape index (κ1) is 6.01. The molecule has 1 atom stereocenters. The summed E-state index contributed by atoms with van der Waals surface area (Å²) in [6, 6.07) is 0. The largest absolute Gasteiger partial charge is 0.365 e. The first-order chi connectivity index (χ1) is 3.83. The Morgan fingerprint density at radius 3 is 2.75 bits per heavy atom. The summed E-state index contributed by atoms with van der Waals surface area (Å²) in [6.07, 6.45) is 0.250. The van der Waals surface area contributed by atoms with Gasteiger partial charge in [-0.05, 0) is 7.05 Å². The van der Waals surface area contributed by atoms with Gasteiger partial charge in [-0.3, -0.25) is 10.2 Å². The minimum atomic E-state index is 0.250. The van der Waals surface area contributed by atoms with Gasteiger partial charge in [0, 0.05) is 13.7 Å². The van der Waals surface area contributed by atoms with Crippen LogP contribution in [0.25, 0.3) is 0 Å². The van der Waals surface area contributed by atoms with E-state index in [-0.39, 0.29) is 6.23 Å². The molecule has 48 valence electrons. The molecule has 0 aromatic heterocycles. The lowest BCUT2D eigenvalue weighted by molar-refractivity contribution is 0.0953. The van der Waals surface area contributed by atoms with E-state index in [2.05, 4.69) is 17.3 Å². The number of hydrogen-bond acceptors (Lipinski definition) is 3. The number of rotatable bonds is 1. The van der Waals surface area contributed by atoms with Crippen LogP contribution in [0.1, 0.15) is 0 Å². The second-order valence-corrected chi connectivity index (χ2v) is 2.13. The first-order valence-corrected chi connectivity index (χ1v) is 2.77. The number of nitrogens with one attached hydrogen (secondary N) is 1. The summed E-state index contributed by atoms with van der Waals surface area (Å²) in [6.45, 7) is 1.94. The Morgan fingerprint density at radius 1 is 1.75 bits per heavy atom. The van der Waals surface area contributed by atoms with Gasteiger partial charge in [0.2, 0.25) is 0 Å². The fourth-order valence-electron chi connectivity index (χ4n) is 0.828. The van der Waals surface area contributed by atoms with E-state index in [1.807, 2.05) is 0 Å². The van der Waals surface area contributed by atoms with E-state index < -0.39 is 0 Å². The molecule has 0 amide bonds. The van der Waals surface area contributed by atoms with E-state index >= 15 is 0 Å². The van der Waals surface area contributed by atoms with Crippen LogP contribution in [0.15, 0.2) is 0 Å². The predicted octanol–water partition coefficient (Wildman–Crippen LogP) is -0.549. The van der Waals surface area contributed by atoms with Crippen molar-refractivity contribution in [3.05, 3.63) is 0 Å². The highest BCUT2D eigenvalue weighted by Gasteiger charge is 2.16. The number of likely N-dealkylation sites (N-methyl/N-ethyl adjacent to an activating group) is 1. The van der Waals surface area contributed by atoms with E-state index in [0.29, 0.717) is 0 Å². The van der Waals surface area contributed by atoms with Gasteiger partial charge >= 0.3 is 0 Å². The average molecular weight is 116 g/mol. The molecular formula is C5H12N2O. The fraction of sp³-hybridized carbons (Fsp3) is 1.00. The third-order valence-corrected chi connectivity index (χ3v) is 1.35. The van der Waals surface area contributed by atoms with Gasteiger partial charge < -0.3 is 4.74 Å². The van der Waals surface area contributed by atoms with E-state index in [0.717, 1.165) is 13.2 Å². The molecule has 1 aliphatic heterocycles. The maximum Gasteiger partial charge on any atom is 0.121 e.